The van der Waals surface area contributed by atoms with Gasteiger partial charge in [0.05, 0.1) is 11.7 Å². The molecule has 2 aliphatic carbocycles. The van der Waals surface area contributed by atoms with Crippen molar-refractivity contribution in [3.05, 3.63) is 112 Å². The monoisotopic (exact) mass is 382 g/mol. The zero-order valence-corrected chi connectivity index (χ0v) is 16.0. The molecule has 0 radical (unpaired) electrons. The number of hydrogen-bond donors (Lipinski definition) is 2. The molecule has 0 heterocycles. The van der Waals surface area contributed by atoms with Crippen molar-refractivity contribution in [2.75, 3.05) is 0 Å². The minimum absolute atomic E-state index is 0.283. The predicted octanol–water partition coefficient (Wildman–Crippen LogP) is 4.84. The van der Waals surface area contributed by atoms with E-state index in [1.807, 2.05) is 30.3 Å². The first-order valence-electron chi connectivity index (χ1n) is 9.94. The Morgan fingerprint density at radius 3 is 2.31 bits per heavy atom. The van der Waals surface area contributed by atoms with Crippen molar-refractivity contribution >= 4 is 12.0 Å². The molecule has 0 saturated carbocycles. The first-order valence-corrected chi connectivity index (χ1v) is 9.94. The van der Waals surface area contributed by atoms with Gasteiger partial charge in [-0.15, -0.1) is 0 Å². The maximum Gasteiger partial charge on any atom is 0.335 e. The average molecular weight is 382 g/mol. The smallest absolute Gasteiger partial charge is 0.335 e. The second kappa shape index (κ2) is 6.71. The van der Waals surface area contributed by atoms with E-state index in [1.165, 1.54) is 22.3 Å². The maximum atomic E-state index is 11.5. The second-order valence-electron chi connectivity index (χ2n) is 8.16. The Kier molecular flexibility index (Phi) is 4.14. The van der Waals surface area contributed by atoms with Gasteiger partial charge >= 0.3 is 5.97 Å². The highest BCUT2D eigenvalue weighted by Crippen LogP contribution is 2.54. The van der Waals surface area contributed by atoms with Gasteiger partial charge in [0.2, 0.25) is 0 Å². The number of aromatic carboxylic acids is 1. The Morgan fingerprint density at radius 1 is 0.931 bits per heavy atom. The van der Waals surface area contributed by atoms with Crippen molar-refractivity contribution in [1.29, 1.82) is 0 Å². The molecule has 3 nitrogen and oxygen atoms in total. The van der Waals surface area contributed by atoms with E-state index in [-0.39, 0.29) is 5.56 Å². The van der Waals surface area contributed by atoms with E-state index in [2.05, 4.69) is 36.4 Å². The fourth-order valence-electron chi connectivity index (χ4n) is 4.99. The molecule has 5 rings (SSSR count). The van der Waals surface area contributed by atoms with E-state index in [4.69, 9.17) is 0 Å². The molecule has 2 N–H and O–H groups in total. The highest BCUT2D eigenvalue weighted by Gasteiger charge is 2.48. The SMILES string of the molecule is O=C(O)c1ccc(C[C@]2(C3=Cc4ccccc4C3)Cc3ccccc3C2O)cc1. The molecular weight excluding hydrogens is 360 g/mol. The van der Waals surface area contributed by atoms with Crippen LogP contribution in [0.3, 0.4) is 0 Å². The molecule has 1 unspecified atom stereocenters. The summed E-state index contributed by atoms with van der Waals surface area (Å²) in [6, 6.07) is 23.6. The largest absolute Gasteiger partial charge is 0.478 e. The number of rotatable bonds is 4. The van der Waals surface area contributed by atoms with Gasteiger partial charge in [-0.05, 0) is 59.2 Å². The van der Waals surface area contributed by atoms with Crippen LogP contribution in [0.2, 0.25) is 0 Å². The molecule has 0 fully saturated rings. The number of aliphatic hydroxyl groups is 1. The highest BCUT2D eigenvalue weighted by molar-refractivity contribution is 5.87. The van der Waals surface area contributed by atoms with Crippen molar-refractivity contribution in [1.82, 2.24) is 0 Å². The molecule has 0 saturated heterocycles. The average Bonchev–Trinajstić information content (AvgIpc) is 3.29. The molecule has 3 aromatic rings. The van der Waals surface area contributed by atoms with Crippen molar-refractivity contribution < 1.29 is 15.0 Å². The summed E-state index contributed by atoms with van der Waals surface area (Å²) >= 11 is 0. The Balaban J connectivity index is 1.57. The Morgan fingerprint density at radius 2 is 1.62 bits per heavy atom. The van der Waals surface area contributed by atoms with Crippen molar-refractivity contribution in [3.8, 4) is 0 Å². The van der Waals surface area contributed by atoms with E-state index in [0.717, 1.165) is 24.0 Å². The number of benzene rings is 3. The van der Waals surface area contributed by atoms with Gasteiger partial charge in [0.1, 0.15) is 0 Å². The lowest BCUT2D eigenvalue weighted by molar-refractivity contribution is 0.0649. The van der Waals surface area contributed by atoms with Crippen LogP contribution in [0.1, 0.15) is 44.3 Å². The third-order valence-electron chi connectivity index (χ3n) is 6.50. The number of fused-ring (bicyclic) bond motifs is 2. The summed E-state index contributed by atoms with van der Waals surface area (Å²) in [5.41, 5.74) is 6.88. The Bertz CT molecular complexity index is 1130. The van der Waals surface area contributed by atoms with Gasteiger partial charge in [0, 0.05) is 5.41 Å². The third kappa shape index (κ3) is 2.90. The summed E-state index contributed by atoms with van der Waals surface area (Å²) in [5, 5.41) is 20.7. The van der Waals surface area contributed by atoms with Crippen LogP contribution in [0, 0.1) is 5.41 Å². The van der Waals surface area contributed by atoms with Crippen LogP contribution >= 0.6 is 0 Å². The lowest BCUT2D eigenvalue weighted by atomic mass is 9.70. The van der Waals surface area contributed by atoms with Gasteiger partial charge in [-0.25, -0.2) is 4.79 Å². The fraction of sp³-hybridized carbons (Fsp3) is 0.192. The zero-order chi connectivity index (χ0) is 20.0. The van der Waals surface area contributed by atoms with E-state index in [9.17, 15) is 15.0 Å². The zero-order valence-electron chi connectivity index (χ0n) is 16.0. The first kappa shape index (κ1) is 17.9. The minimum atomic E-state index is -0.923. The molecule has 0 aliphatic heterocycles. The molecule has 0 aromatic heterocycles. The summed E-state index contributed by atoms with van der Waals surface area (Å²) in [7, 11) is 0. The summed E-state index contributed by atoms with van der Waals surface area (Å²) in [4.78, 5) is 11.2. The van der Waals surface area contributed by atoms with Gasteiger partial charge in [-0.3, -0.25) is 0 Å². The van der Waals surface area contributed by atoms with Crippen molar-refractivity contribution in [2.45, 2.75) is 25.4 Å². The van der Waals surface area contributed by atoms with Gasteiger partial charge in [0.15, 0.2) is 0 Å². The van der Waals surface area contributed by atoms with Crippen molar-refractivity contribution in [3.63, 3.8) is 0 Å². The molecule has 3 aromatic carbocycles. The van der Waals surface area contributed by atoms with Gasteiger partial charge in [-0.1, -0.05) is 72.3 Å². The van der Waals surface area contributed by atoms with E-state index >= 15 is 0 Å². The molecule has 2 aliphatic rings. The quantitative estimate of drug-likeness (QED) is 0.679. The third-order valence-corrected chi connectivity index (χ3v) is 6.50. The fourth-order valence-corrected chi connectivity index (χ4v) is 4.99. The lowest BCUT2D eigenvalue weighted by Gasteiger charge is -2.35. The first-order chi connectivity index (χ1) is 14.1. The van der Waals surface area contributed by atoms with Crippen LogP contribution in [-0.4, -0.2) is 16.2 Å². The lowest BCUT2D eigenvalue weighted by Crippen LogP contribution is -2.31. The number of carboxylic acid groups (broad SMARTS) is 1. The second-order valence-corrected chi connectivity index (χ2v) is 8.16. The summed E-state index contributed by atoms with van der Waals surface area (Å²) in [5.74, 6) is -0.923. The molecule has 0 spiro atoms. The molecule has 29 heavy (non-hydrogen) atoms. The summed E-state index contributed by atoms with van der Waals surface area (Å²) < 4.78 is 0. The molecule has 144 valence electrons. The van der Waals surface area contributed by atoms with E-state index in [1.54, 1.807) is 12.1 Å². The molecule has 2 atom stereocenters. The van der Waals surface area contributed by atoms with Gasteiger partial charge < -0.3 is 10.2 Å². The van der Waals surface area contributed by atoms with Crippen LogP contribution in [0.15, 0.2) is 78.4 Å². The molecule has 0 amide bonds. The normalized spacial score (nSPS) is 22.1. The number of carboxylic acids is 1. The predicted molar refractivity (Wildman–Crippen MR) is 113 cm³/mol. The standard InChI is InChI=1S/C26H22O3/c27-24-23-8-4-3-7-21(23)16-26(24,15-17-9-11-18(12-10-17)25(28)29)22-13-19-5-1-2-6-20(19)14-22/h1-13,24,27H,14-16H2,(H,28,29)/t24?,26-/m1/s1. The highest BCUT2D eigenvalue weighted by atomic mass is 16.4. The number of hydrogen-bond acceptors (Lipinski definition) is 2. The van der Waals surface area contributed by atoms with Crippen LogP contribution in [0.25, 0.3) is 6.08 Å². The minimum Gasteiger partial charge on any atom is -0.478 e. The summed E-state index contributed by atoms with van der Waals surface area (Å²) in [6.07, 6.45) is 3.95. The van der Waals surface area contributed by atoms with Gasteiger partial charge in [0.25, 0.3) is 0 Å². The molecular formula is C26H22O3. The van der Waals surface area contributed by atoms with Crippen molar-refractivity contribution in [2.24, 2.45) is 5.41 Å². The van der Waals surface area contributed by atoms with Gasteiger partial charge in [-0.2, -0.15) is 0 Å². The van der Waals surface area contributed by atoms with Crippen LogP contribution in [0.5, 0.6) is 0 Å². The molecule has 0 bridgehead atoms. The van der Waals surface area contributed by atoms with Crippen LogP contribution in [-0.2, 0) is 19.3 Å². The maximum absolute atomic E-state index is 11.5. The Hall–Kier alpha value is -3.17. The van der Waals surface area contributed by atoms with Crippen LogP contribution in [0.4, 0.5) is 0 Å². The summed E-state index contributed by atoms with van der Waals surface area (Å²) in [6.45, 7) is 0. The van der Waals surface area contributed by atoms with E-state index < -0.39 is 17.5 Å². The number of carbonyl (C=O) groups is 1. The van der Waals surface area contributed by atoms with Crippen LogP contribution < -0.4 is 0 Å². The number of aliphatic hydroxyl groups excluding tert-OH is 1. The van der Waals surface area contributed by atoms with E-state index in [0.29, 0.717) is 6.42 Å². The molecule has 3 heteroatoms. The Labute approximate surface area is 170 Å². The topological polar surface area (TPSA) is 57.5 Å².